The Morgan fingerprint density at radius 1 is 1.11 bits per heavy atom. The first kappa shape index (κ1) is 18.2. The third-order valence-corrected chi connectivity index (χ3v) is 6.39. The molecule has 2 aromatic heterocycles. The molecule has 0 radical (unpaired) electrons. The highest BCUT2D eigenvalue weighted by molar-refractivity contribution is 5.79. The zero-order valence-electron chi connectivity index (χ0n) is 16.3. The van der Waals surface area contributed by atoms with Gasteiger partial charge < -0.3 is 9.47 Å². The first-order valence-electron chi connectivity index (χ1n) is 10.4. The van der Waals surface area contributed by atoms with E-state index in [1.165, 1.54) is 18.5 Å². The second-order valence-corrected chi connectivity index (χ2v) is 8.15. The number of amides is 1. The van der Waals surface area contributed by atoms with Crippen molar-refractivity contribution in [3.63, 3.8) is 0 Å². The van der Waals surface area contributed by atoms with E-state index in [-0.39, 0.29) is 0 Å². The predicted octanol–water partition coefficient (Wildman–Crippen LogP) is 4.07. The predicted molar refractivity (Wildman–Crippen MR) is 106 cm³/mol. The molecular weight excluding hydrogens is 336 g/mol. The van der Waals surface area contributed by atoms with Crippen LogP contribution in [0, 0.1) is 18.8 Å². The molecule has 0 spiro atoms. The molecule has 4 rings (SSSR count). The number of carbonyl (C=O) groups is 1. The van der Waals surface area contributed by atoms with Gasteiger partial charge in [0.2, 0.25) is 5.91 Å². The molecule has 1 amide bonds. The van der Waals surface area contributed by atoms with Crippen molar-refractivity contribution in [2.45, 2.75) is 58.4 Å². The van der Waals surface area contributed by atoms with Crippen LogP contribution in [0.1, 0.15) is 50.6 Å². The third kappa shape index (κ3) is 4.07. The smallest absolute Gasteiger partial charge is 0.225 e. The number of hydrogen-bond donors (Lipinski definition) is 0. The summed E-state index contributed by atoms with van der Waals surface area (Å²) in [5.41, 5.74) is 2.32. The summed E-state index contributed by atoms with van der Waals surface area (Å²) in [4.78, 5) is 23.5. The van der Waals surface area contributed by atoms with Gasteiger partial charge in [0.05, 0.1) is 0 Å². The molecule has 144 valence electrons. The summed E-state index contributed by atoms with van der Waals surface area (Å²) in [5, 5.41) is 0. The van der Waals surface area contributed by atoms with Gasteiger partial charge in [0, 0.05) is 55.4 Å². The van der Waals surface area contributed by atoms with Crippen LogP contribution in [0.4, 0.5) is 0 Å². The van der Waals surface area contributed by atoms with Gasteiger partial charge in [-0.25, -0.2) is 4.98 Å². The SMILES string of the molecule is Cc1cnc(-c2ccncc2)n1CCC1CCN(C(=O)C2CCCC2)CC1. The fraction of sp³-hybridized carbons (Fsp3) is 0.591. The quantitative estimate of drug-likeness (QED) is 0.801. The molecule has 0 atom stereocenters. The molecule has 1 saturated heterocycles. The summed E-state index contributed by atoms with van der Waals surface area (Å²) < 4.78 is 2.32. The molecule has 1 aliphatic carbocycles. The Morgan fingerprint density at radius 3 is 2.52 bits per heavy atom. The molecule has 5 heteroatoms. The van der Waals surface area contributed by atoms with E-state index in [2.05, 4.69) is 26.4 Å². The molecule has 0 N–H and O–H groups in total. The highest BCUT2D eigenvalue weighted by Crippen LogP contribution is 2.29. The van der Waals surface area contributed by atoms with Gasteiger partial charge in [-0.05, 0) is 57.1 Å². The summed E-state index contributed by atoms with van der Waals surface area (Å²) in [6.45, 7) is 5.01. The van der Waals surface area contributed by atoms with Crippen LogP contribution < -0.4 is 0 Å². The molecule has 0 aromatic carbocycles. The number of aromatic nitrogens is 3. The molecule has 0 bridgehead atoms. The molecule has 2 fully saturated rings. The van der Waals surface area contributed by atoms with Crippen molar-refractivity contribution < 1.29 is 4.79 Å². The summed E-state index contributed by atoms with van der Waals surface area (Å²) in [5.74, 6) is 2.47. The van der Waals surface area contributed by atoms with Crippen molar-refractivity contribution in [3.05, 3.63) is 36.4 Å². The molecule has 0 unspecified atom stereocenters. The molecule has 1 aliphatic heterocycles. The standard InChI is InChI=1S/C22H30N4O/c1-17-16-24-21(19-6-11-23-12-7-19)26(17)15-10-18-8-13-25(14-9-18)22(27)20-4-2-3-5-20/h6-7,11-12,16,18,20H,2-5,8-10,13-15H2,1H3. The van der Waals surface area contributed by atoms with Crippen molar-refractivity contribution in [1.82, 2.24) is 19.4 Å². The Hall–Kier alpha value is -2.17. The Kier molecular flexibility index (Phi) is 5.55. The van der Waals surface area contributed by atoms with Gasteiger partial charge in [-0.3, -0.25) is 9.78 Å². The van der Waals surface area contributed by atoms with Crippen LogP contribution in [-0.2, 0) is 11.3 Å². The fourth-order valence-electron chi connectivity index (χ4n) is 4.66. The van der Waals surface area contributed by atoms with Crippen LogP contribution in [0.15, 0.2) is 30.7 Å². The number of likely N-dealkylation sites (tertiary alicyclic amines) is 1. The van der Waals surface area contributed by atoms with Crippen LogP contribution in [0.25, 0.3) is 11.4 Å². The minimum absolute atomic E-state index is 0.318. The summed E-state index contributed by atoms with van der Waals surface area (Å²) in [7, 11) is 0. The Balaban J connectivity index is 1.32. The first-order valence-corrected chi connectivity index (χ1v) is 10.4. The summed E-state index contributed by atoms with van der Waals surface area (Å²) in [6, 6.07) is 4.04. The lowest BCUT2D eigenvalue weighted by atomic mass is 9.92. The number of imidazole rings is 1. The Bertz CT molecular complexity index is 756. The highest BCUT2D eigenvalue weighted by atomic mass is 16.2. The zero-order valence-corrected chi connectivity index (χ0v) is 16.3. The number of piperidine rings is 1. The molecule has 1 saturated carbocycles. The van der Waals surface area contributed by atoms with Gasteiger partial charge >= 0.3 is 0 Å². The minimum Gasteiger partial charge on any atom is -0.342 e. The van der Waals surface area contributed by atoms with Gasteiger partial charge in [0.1, 0.15) is 5.82 Å². The van der Waals surface area contributed by atoms with Crippen LogP contribution in [0.3, 0.4) is 0 Å². The van der Waals surface area contributed by atoms with E-state index < -0.39 is 0 Å². The van der Waals surface area contributed by atoms with E-state index in [9.17, 15) is 4.79 Å². The monoisotopic (exact) mass is 366 g/mol. The second kappa shape index (κ2) is 8.24. The van der Waals surface area contributed by atoms with E-state index in [0.29, 0.717) is 17.7 Å². The Morgan fingerprint density at radius 2 is 1.81 bits per heavy atom. The van der Waals surface area contributed by atoms with Crippen molar-refractivity contribution in [3.8, 4) is 11.4 Å². The molecule has 2 aliphatic rings. The maximum atomic E-state index is 12.6. The van der Waals surface area contributed by atoms with E-state index in [1.807, 2.05) is 30.7 Å². The van der Waals surface area contributed by atoms with Crippen molar-refractivity contribution >= 4 is 5.91 Å². The maximum Gasteiger partial charge on any atom is 0.225 e. The third-order valence-electron chi connectivity index (χ3n) is 6.39. The number of hydrogen-bond acceptors (Lipinski definition) is 3. The summed E-state index contributed by atoms with van der Waals surface area (Å²) in [6.07, 6.45) is 13.7. The Labute approximate surface area is 161 Å². The lowest BCUT2D eigenvalue weighted by Gasteiger charge is -2.33. The van der Waals surface area contributed by atoms with Gasteiger partial charge in [0.25, 0.3) is 0 Å². The van der Waals surface area contributed by atoms with Crippen LogP contribution in [0.2, 0.25) is 0 Å². The van der Waals surface area contributed by atoms with Crippen LogP contribution in [-0.4, -0.2) is 38.4 Å². The second-order valence-electron chi connectivity index (χ2n) is 8.15. The summed E-state index contributed by atoms with van der Waals surface area (Å²) >= 11 is 0. The normalized spacial score (nSPS) is 18.9. The maximum absolute atomic E-state index is 12.6. The number of aryl methyl sites for hydroxylation is 1. The molecule has 3 heterocycles. The lowest BCUT2D eigenvalue weighted by Crippen LogP contribution is -2.41. The highest BCUT2D eigenvalue weighted by Gasteiger charge is 2.30. The minimum atomic E-state index is 0.318. The first-order chi connectivity index (χ1) is 13.2. The van der Waals surface area contributed by atoms with Crippen LogP contribution >= 0.6 is 0 Å². The number of carbonyl (C=O) groups excluding carboxylic acids is 1. The van der Waals surface area contributed by atoms with Crippen LogP contribution in [0.5, 0.6) is 0 Å². The van der Waals surface area contributed by atoms with Gasteiger partial charge in [0.15, 0.2) is 0 Å². The average Bonchev–Trinajstić information content (AvgIpc) is 3.37. The topological polar surface area (TPSA) is 51.0 Å². The van der Waals surface area contributed by atoms with E-state index in [0.717, 1.165) is 63.1 Å². The molecule has 5 nitrogen and oxygen atoms in total. The zero-order chi connectivity index (χ0) is 18.6. The van der Waals surface area contributed by atoms with Gasteiger partial charge in [-0.15, -0.1) is 0 Å². The number of rotatable bonds is 5. The van der Waals surface area contributed by atoms with Gasteiger partial charge in [-0.1, -0.05) is 12.8 Å². The van der Waals surface area contributed by atoms with E-state index >= 15 is 0 Å². The average molecular weight is 367 g/mol. The molecular formula is C22H30N4O. The molecule has 27 heavy (non-hydrogen) atoms. The number of pyridine rings is 1. The molecule has 2 aromatic rings. The fourth-order valence-corrected chi connectivity index (χ4v) is 4.66. The van der Waals surface area contributed by atoms with E-state index in [1.54, 1.807) is 0 Å². The largest absolute Gasteiger partial charge is 0.342 e. The van der Waals surface area contributed by atoms with Gasteiger partial charge in [-0.2, -0.15) is 0 Å². The number of nitrogens with zero attached hydrogens (tertiary/aromatic N) is 4. The van der Waals surface area contributed by atoms with Crippen molar-refractivity contribution in [1.29, 1.82) is 0 Å². The van der Waals surface area contributed by atoms with Crippen molar-refractivity contribution in [2.24, 2.45) is 11.8 Å². The van der Waals surface area contributed by atoms with E-state index in [4.69, 9.17) is 0 Å². The lowest BCUT2D eigenvalue weighted by molar-refractivity contribution is -0.136. The van der Waals surface area contributed by atoms with Crippen molar-refractivity contribution in [2.75, 3.05) is 13.1 Å².